The van der Waals surface area contributed by atoms with E-state index < -0.39 is 6.36 Å². The van der Waals surface area contributed by atoms with Crippen LogP contribution < -0.4 is 10.1 Å². The summed E-state index contributed by atoms with van der Waals surface area (Å²) in [5.41, 5.74) is 0.882. The van der Waals surface area contributed by atoms with Gasteiger partial charge in [0.15, 0.2) is 0 Å². The summed E-state index contributed by atoms with van der Waals surface area (Å²) < 4.78 is 46.3. The molecule has 0 aromatic heterocycles. The van der Waals surface area contributed by atoms with Crippen LogP contribution >= 0.6 is 15.9 Å². The lowest BCUT2D eigenvalue weighted by molar-refractivity contribution is -0.274. The van der Waals surface area contributed by atoms with E-state index in [1.807, 2.05) is 0 Å². The Morgan fingerprint density at radius 3 is 2.76 bits per heavy atom. The zero-order valence-electron chi connectivity index (χ0n) is 11.4. The second-order valence-electron chi connectivity index (χ2n) is 4.93. The Morgan fingerprint density at radius 1 is 1.33 bits per heavy atom. The summed E-state index contributed by atoms with van der Waals surface area (Å²) in [6.07, 6.45) is -1.10. The molecule has 21 heavy (non-hydrogen) atoms. The molecule has 1 heterocycles. The summed E-state index contributed by atoms with van der Waals surface area (Å²) in [6, 6.07) is 4.54. The Balaban J connectivity index is 1.82. The molecule has 1 atom stereocenters. The van der Waals surface area contributed by atoms with E-state index in [0.717, 1.165) is 31.6 Å². The van der Waals surface area contributed by atoms with E-state index in [-0.39, 0.29) is 16.3 Å². The van der Waals surface area contributed by atoms with Crippen molar-refractivity contribution in [1.29, 1.82) is 0 Å². The first kappa shape index (κ1) is 16.6. The topological polar surface area (TPSA) is 30.5 Å². The van der Waals surface area contributed by atoms with Crippen LogP contribution in [-0.4, -0.2) is 25.6 Å². The largest absolute Gasteiger partial charge is 0.573 e. The Labute approximate surface area is 129 Å². The van der Waals surface area contributed by atoms with Gasteiger partial charge in [-0.25, -0.2) is 0 Å². The molecule has 0 radical (unpaired) electrons. The first-order valence-electron chi connectivity index (χ1n) is 6.80. The molecule has 0 bridgehead atoms. The van der Waals surface area contributed by atoms with Gasteiger partial charge in [0.05, 0.1) is 10.6 Å². The van der Waals surface area contributed by atoms with Gasteiger partial charge < -0.3 is 14.8 Å². The molecule has 1 aliphatic rings. The zero-order chi connectivity index (χ0) is 15.3. The second kappa shape index (κ2) is 7.47. The predicted octanol–water partition coefficient (Wildman–Crippen LogP) is 4.01. The van der Waals surface area contributed by atoms with Gasteiger partial charge in [-0.1, -0.05) is 6.07 Å². The van der Waals surface area contributed by atoms with Gasteiger partial charge in [0, 0.05) is 19.7 Å². The lowest BCUT2D eigenvalue weighted by atomic mass is 10.1. The highest BCUT2D eigenvalue weighted by atomic mass is 79.9. The van der Waals surface area contributed by atoms with Gasteiger partial charge in [-0.2, -0.15) is 0 Å². The van der Waals surface area contributed by atoms with Crippen molar-refractivity contribution in [2.75, 3.05) is 13.2 Å². The lowest BCUT2D eigenvalue weighted by Crippen LogP contribution is -2.31. The van der Waals surface area contributed by atoms with Crippen LogP contribution in [0.15, 0.2) is 22.7 Å². The minimum atomic E-state index is -4.68. The molecule has 1 fully saturated rings. The Bertz CT molecular complexity index is 462. The first-order chi connectivity index (χ1) is 9.94. The number of nitrogens with one attached hydrogen (secondary N) is 1. The van der Waals surface area contributed by atoms with Gasteiger partial charge in [-0.15, -0.1) is 13.2 Å². The smallest absolute Gasteiger partial charge is 0.405 e. The quantitative estimate of drug-likeness (QED) is 0.852. The molecule has 0 aliphatic carbocycles. The summed E-state index contributed by atoms with van der Waals surface area (Å²) in [5.74, 6) is -0.234. The van der Waals surface area contributed by atoms with E-state index >= 15 is 0 Å². The van der Waals surface area contributed by atoms with Crippen molar-refractivity contribution < 1.29 is 22.6 Å². The highest BCUT2D eigenvalue weighted by molar-refractivity contribution is 9.10. The number of hydrogen-bond acceptors (Lipinski definition) is 3. The Hall–Kier alpha value is -0.790. The highest BCUT2D eigenvalue weighted by Crippen LogP contribution is 2.31. The molecule has 1 aromatic rings. The highest BCUT2D eigenvalue weighted by Gasteiger charge is 2.31. The van der Waals surface area contributed by atoms with Crippen LogP contribution in [0.25, 0.3) is 0 Å². The molecule has 1 saturated heterocycles. The fourth-order valence-electron chi connectivity index (χ4n) is 2.21. The molecule has 1 N–H and O–H groups in total. The number of alkyl halides is 3. The van der Waals surface area contributed by atoms with E-state index in [2.05, 4.69) is 26.0 Å². The van der Waals surface area contributed by atoms with E-state index in [1.54, 1.807) is 12.1 Å². The van der Waals surface area contributed by atoms with Crippen molar-refractivity contribution in [3.8, 4) is 5.75 Å². The molecule has 3 nitrogen and oxygen atoms in total. The molecule has 118 valence electrons. The van der Waals surface area contributed by atoms with Crippen LogP contribution in [-0.2, 0) is 11.3 Å². The average Bonchev–Trinajstić information content (AvgIpc) is 2.42. The monoisotopic (exact) mass is 367 g/mol. The SMILES string of the molecule is FC(F)(F)Oc1ccc(CNCC2CCCCO2)cc1Br. The minimum absolute atomic E-state index is 0.232. The van der Waals surface area contributed by atoms with Crippen molar-refractivity contribution in [2.24, 2.45) is 0 Å². The van der Waals surface area contributed by atoms with Crippen LogP contribution in [0.3, 0.4) is 0 Å². The molecule has 0 amide bonds. The van der Waals surface area contributed by atoms with Crippen molar-refractivity contribution in [3.05, 3.63) is 28.2 Å². The second-order valence-corrected chi connectivity index (χ2v) is 5.79. The molecule has 7 heteroatoms. The van der Waals surface area contributed by atoms with Gasteiger partial charge in [0.25, 0.3) is 0 Å². The van der Waals surface area contributed by atoms with Crippen molar-refractivity contribution in [2.45, 2.75) is 38.3 Å². The fourth-order valence-corrected chi connectivity index (χ4v) is 2.71. The third-order valence-corrected chi connectivity index (χ3v) is 3.82. The molecule has 1 aromatic carbocycles. The van der Waals surface area contributed by atoms with Crippen LogP contribution in [0.5, 0.6) is 5.75 Å². The normalized spacial score (nSPS) is 19.5. The van der Waals surface area contributed by atoms with Crippen LogP contribution in [0.2, 0.25) is 0 Å². The van der Waals surface area contributed by atoms with E-state index in [4.69, 9.17) is 4.74 Å². The molecule has 0 spiro atoms. The van der Waals surface area contributed by atoms with E-state index in [1.165, 1.54) is 12.5 Å². The zero-order valence-corrected chi connectivity index (χ0v) is 13.0. The lowest BCUT2D eigenvalue weighted by Gasteiger charge is -2.22. The molecule has 2 rings (SSSR count). The molecular formula is C14H17BrF3NO2. The van der Waals surface area contributed by atoms with E-state index in [9.17, 15) is 13.2 Å². The minimum Gasteiger partial charge on any atom is -0.405 e. The Kier molecular flexibility index (Phi) is 5.89. The van der Waals surface area contributed by atoms with Crippen LogP contribution in [0.4, 0.5) is 13.2 Å². The standard InChI is InChI=1S/C14H17BrF3NO2/c15-12-7-10(4-5-13(12)21-14(16,17)18)8-19-9-11-3-1-2-6-20-11/h4-5,7,11,19H,1-3,6,8-9H2. The first-order valence-corrected chi connectivity index (χ1v) is 7.60. The number of halogens is 4. The van der Waals surface area contributed by atoms with E-state index in [0.29, 0.717) is 6.54 Å². The predicted molar refractivity (Wildman–Crippen MR) is 76.1 cm³/mol. The number of hydrogen-bond donors (Lipinski definition) is 1. The van der Waals surface area contributed by atoms with Crippen molar-refractivity contribution >= 4 is 15.9 Å². The van der Waals surface area contributed by atoms with Gasteiger partial charge in [0.2, 0.25) is 0 Å². The van der Waals surface area contributed by atoms with Crippen LogP contribution in [0.1, 0.15) is 24.8 Å². The summed E-state index contributed by atoms with van der Waals surface area (Å²) in [4.78, 5) is 0. The summed E-state index contributed by atoms with van der Waals surface area (Å²) in [6.45, 7) is 2.13. The third-order valence-electron chi connectivity index (χ3n) is 3.20. The van der Waals surface area contributed by atoms with Gasteiger partial charge >= 0.3 is 6.36 Å². The number of benzene rings is 1. The summed E-state index contributed by atoms with van der Waals surface area (Å²) in [7, 11) is 0. The molecule has 1 unspecified atom stereocenters. The van der Waals surface area contributed by atoms with Crippen LogP contribution in [0, 0.1) is 0 Å². The number of ether oxygens (including phenoxy) is 2. The average molecular weight is 368 g/mol. The molecular weight excluding hydrogens is 351 g/mol. The maximum absolute atomic E-state index is 12.2. The van der Waals surface area contributed by atoms with Gasteiger partial charge in [0.1, 0.15) is 5.75 Å². The maximum Gasteiger partial charge on any atom is 0.573 e. The Morgan fingerprint density at radius 2 is 2.14 bits per heavy atom. The molecule has 1 aliphatic heterocycles. The van der Waals surface area contributed by atoms with Gasteiger partial charge in [-0.05, 0) is 52.9 Å². The maximum atomic E-state index is 12.2. The van der Waals surface area contributed by atoms with Gasteiger partial charge in [-0.3, -0.25) is 0 Å². The fraction of sp³-hybridized carbons (Fsp3) is 0.571. The third kappa shape index (κ3) is 5.84. The van der Waals surface area contributed by atoms with Crippen molar-refractivity contribution in [3.63, 3.8) is 0 Å². The van der Waals surface area contributed by atoms with Crippen molar-refractivity contribution in [1.82, 2.24) is 5.32 Å². The molecule has 0 saturated carbocycles. The summed E-state index contributed by atoms with van der Waals surface area (Å²) in [5, 5.41) is 3.26. The summed E-state index contributed by atoms with van der Waals surface area (Å²) >= 11 is 3.09. The number of rotatable bonds is 5.